The van der Waals surface area contributed by atoms with Crippen LogP contribution in [0.3, 0.4) is 0 Å². The predicted octanol–water partition coefficient (Wildman–Crippen LogP) is 1.43. The van der Waals surface area contributed by atoms with Crippen molar-refractivity contribution in [3.8, 4) is 0 Å². The van der Waals surface area contributed by atoms with Crippen molar-refractivity contribution in [2.45, 2.75) is 51.5 Å². The van der Waals surface area contributed by atoms with Gasteiger partial charge < -0.3 is 5.32 Å². The molecule has 0 aromatic heterocycles. The topological polar surface area (TPSA) is 52.7 Å². The Kier molecular flexibility index (Phi) is 5.84. The standard InChI is InChI=1S/C14H29N3O2S/c1-3-9-15-11-13-6-5-10-17(12-13)20(18,19)16(2)14-7-4-8-14/h13-15H,3-12H2,1-2H3. The second-order valence-electron chi connectivity index (χ2n) is 6.18. The van der Waals surface area contributed by atoms with E-state index in [-0.39, 0.29) is 6.04 Å². The van der Waals surface area contributed by atoms with Gasteiger partial charge in [-0.3, -0.25) is 0 Å². The predicted molar refractivity (Wildman–Crippen MR) is 81.8 cm³/mol. The zero-order valence-electron chi connectivity index (χ0n) is 12.8. The average molecular weight is 303 g/mol. The molecule has 1 atom stereocenters. The molecule has 0 spiro atoms. The van der Waals surface area contributed by atoms with Gasteiger partial charge >= 0.3 is 0 Å². The summed E-state index contributed by atoms with van der Waals surface area (Å²) in [7, 11) is -1.50. The lowest BCUT2D eigenvalue weighted by molar-refractivity contribution is 0.207. The molecule has 0 amide bonds. The molecule has 2 aliphatic rings. The van der Waals surface area contributed by atoms with E-state index in [9.17, 15) is 8.42 Å². The molecule has 0 bridgehead atoms. The van der Waals surface area contributed by atoms with E-state index in [0.717, 1.165) is 51.6 Å². The minimum absolute atomic E-state index is 0.235. The first-order valence-electron chi connectivity index (χ1n) is 7.99. The Hall–Kier alpha value is -0.170. The van der Waals surface area contributed by atoms with E-state index in [1.165, 1.54) is 0 Å². The molecule has 1 saturated carbocycles. The lowest BCUT2D eigenvalue weighted by Gasteiger charge is -2.39. The number of piperidine rings is 1. The largest absolute Gasteiger partial charge is 0.316 e. The number of nitrogens with zero attached hydrogens (tertiary/aromatic N) is 2. The molecule has 1 saturated heterocycles. The highest BCUT2D eigenvalue weighted by atomic mass is 32.2. The van der Waals surface area contributed by atoms with E-state index < -0.39 is 10.2 Å². The quantitative estimate of drug-likeness (QED) is 0.724. The Morgan fingerprint density at radius 2 is 2.00 bits per heavy atom. The molecule has 6 heteroatoms. The number of rotatable bonds is 7. The highest BCUT2D eigenvalue weighted by Crippen LogP contribution is 2.28. The molecule has 1 N–H and O–H groups in total. The van der Waals surface area contributed by atoms with Gasteiger partial charge in [-0.25, -0.2) is 0 Å². The third-order valence-corrected chi connectivity index (χ3v) is 6.63. The second kappa shape index (κ2) is 7.20. The van der Waals surface area contributed by atoms with E-state index in [4.69, 9.17) is 0 Å². The van der Waals surface area contributed by atoms with Gasteiger partial charge in [0, 0.05) is 26.2 Å². The van der Waals surface area contributed by atoms with E-state index in [2.05, 4.69) is 12.2 Å². The first-order chi connectivity index (χ1) is 9.55. The van der Waals surface area contributed by atoms with Gasteiger partial charge in [-0.15, -0.1) is 0 Å². The van der Waals surface area contributed by atoms with Gasteiger partial charge in [0.05, 0.1) is 0 Å². The molecule has 1 aliphatic heterocycles. The molecule has 1 aliphatic carbocycles. The van der Waals surface area contributed by atoms with Gasteiger partial charge in [-0.1, -0.05) is 13.3 Å². The smallest absolute Gasteiger partial charge is 0.281 e. The van der Waals surface area contributed by atoms with Crippen molar-refractivity contribution in [3.63, 3.8) is 0 Å². The van der Waals surface area contributed by atoms with E-state index >= 15 is 0 Å². The van der Waals surface area contributed by atoms with E-state index in [1.54, 1.807) is 15.7 Å². The first kappa shape index (κ1) is 16.2. The normalized spacial score (nSPS) is 25.9. The Morgan fingerprint density at radius 3 is 2.60 bits per heavy atom. The Bertz CT molecular complexity index is 395. The molecule has 2 fully saturated rings. The summed E-state index contributed by atoms with van der Waals surface area (Å²) in [5.74, 6) is 0.458. The van der Waals surface area contributed by atoms with Crippen LogP contribution in [0.2, 0.25) is 0 Å². The van der Waals surface area contributed by atoms with Crippen LogP contribution in [-0.4, -0.2) is 56.3 Å². The van der Waals surface area contributed by atoms with Crippen molar-refractivity contribution in [2.24, 2.45) is 5.92 Å². The molecule has 1 unspecified atom stereocenters. The van der Waals surface area contributed by atoms with Gasteiger partial charge in [-0.05, 0) is 51.1 Å². The van der Waals surface area contributed by atoms with Crippen molar-refractivity contribution >= 4 is 10.2 Å². The van der Waals surface area contributed by atoms with Crippen molar-refractivity contribution in [1.82, 2.24) is 13.9 Å². The molecular formula is C14H29N3O2S. The summed E-state index contributed by atoms with van der Waals surface area (Å²) in [6.07, 6.45) is 6.44. The van der Waals surface area contributed by atoms with Crippen LogP contribution in [0.5, 0.6) is 0 Å². The van der Waals surface area contributed by atoms with Crippen LogP contribution in [0.4, 0.5) is 0 Å². The van der Waals surface area contributed by atoms with Crippen LogP contribution in [0.1, 0.15) is 45.4 Å². The molecular weight excluding hydrogens is 274 g/mol. The summed E-state index contributed by atoms with van der Waals surface area (Å²) >= 11 is 0. The maximum absolute atomic E-state index is 12.6. The van der Waals surface area contributed by atoms with Gasteiger partial charge in [0.2, 0.25) is 0 Å². The fraction of sp³-hybridized carbons (Fsp3) is 1.00. The maximum Gasteiger partial charge on any atom is 0.281 e. The molecule has 0 aromatic carbocycles. The van der Waals surface area contributed by atoms with Gasteiger partial charge in [0.1, 0.15) is 0 Å². The minimum atomic E-state index is -3.25. The maximum atomic E-state index is 12.6. The minimum Gasteiger partial charge on any atom is -0.316 e. The lowest BCUT2D eigenvalue weighted by atomic mass is 9.94. The van der Waals surface area contributed by atoms with Crippen molar-refractivity contribution in [1.29, 1.82) is 0 Å². The average Bonchev–Trinajstić information content (AvgIpc) is 2.37. The zero-order chi connectivity index (χ0) is 14.6. The number of hydrogen-bond acceptors (Lipinski definition) is 3. The zero-order valence-corrected chi connectivity index (χ0v) is 13.7. The molecule has 2 rings (SSSR count). The Labute approximate surface area is 123 Å². The van der Waals surface area contributed by atoms with E-state index in [0.29, 0.717) is 19.0 Å². The second-order valence-corrected chi connectivity index (χ2v) is 8.17. The lowest BCUT2D eigenvalue weighted by Crippen LogP contribution is -2.52. The van der Waals surface area contributed by atoms with Crippen LogP contribution in [0.15, 0.2) is 0 Å². The summed E-state index contributed by atoms with van der Waals surface area (Å²) in [5, 5.41) is 3.42. The van der Waals surface area contributed by atoms with Gasteiger partial charge in [-0.2, -0.15) is 17.0 Å². The fourth-order valence-corrected chi connectivity index (χ4v) is 4.72. The molecule has 118 valence electrons. The summed E-state index contributed by atoms with van der Waals surface area (Å²) < 4.78 is 28.6. The molecule has 20 heavy (non-hydrogen) atoms. The van der Waals surface area contributed by atoms with E-state index in [1.807, 2.05) is 0 Å². The van der Waals surface area contributed by atoms with Crippen molar-refractivity contribution in [3.05, 3.63) is 0 Å². The first-order valence-corrected chi connectivity index (χ1v) is 9.39. The summed E-state index contributed by atoms with van der Waals surface area (Å²) in [6, 6.07) is 0.235. The summed E-state index contributed by atoms with van der Waals surface area (Å²) in [4.78, 5) is 0. The highest BCUT2D eigenvalue weighted by Gasteiger charge is 2.36. The van der Waals surface area contributed by atoms with Gasteiger partial charge in [0.15, 0.2) is 0 Å². The number of hydrogen-bond donors (Lipinski definition) is 1. The molecule has 0 aromatic rings. The monoisotopic (exact) mass is 303 g/mol. The Morgan fingerprint density at radius 1 is 1.25 bits per heavy atom. The van der Waals surface area contributed by atoms with Crippen LogP contribution in [0, 0.1) is 5.92 Å². The van der Waals surface area contributed by atoms with Crippen LogP contribution < -0.4 is 5.32 Å². The molecule has 5 nitrogen and oxygen atoms in total. The third kappa shape index (κ3) is 3.72. The van der Waals surface area contributed by atoms with Crippen molar-refractivity contribution in [2.75, 3.05) is 33.2 Å². The third-order valence-electron chi connectivity index (χ3n) is 4.62. The fourth-order valence-electron chi connectivity index (χ4n) is 3.01. The molecule has 1 heterocycles. The van der Waals surface area contributed by atoms with Crippen LogP contribution >= 0.6 is 0 Å². The highest BCUT2D eigenvalue weighted by molar-refractivity contribution is 7.86. The summed E-state index contributed by atoms with van der Waals surface area (Å²) in [5.41, 5.74) is 0. The summed E-state index contributed by atoms with van der Waals surface area (Å²) in [6.45, 7) is 5.47. The SMILES string of the molecule is CCCNCC1CCCN(S(=O)(=O)N(C)C2CCC2)C1. The van der Waals surface area contributed by atoms with Crippen LogP contribution in [-0.2, 0) is 10.2 Å². The van der Waals surface area contributed by atoms with Crippen molar-refractivity contribution < 1.29 is 8.42 Å². The molecule has 0 radical (unpaired) electrons. The van der Waals surface area contributed by atoms with Gasteiger partial charge in [0.25, 0.3) is 10.2 Å². The number of nitrogens with one attached hydrogen (secondary N) is 1. The van der Waals surface area contributed by atoms with Crippen LogP contribution in [0.25, 0.3) is 0 Å². The Balaban J connectivity index is 1.89.